The molecule has 2 aromatic heterocycles. The summed E-state index contributed by atoms with van der Waals surface area (Å²) in [7, 11) is 1.56. The Morgan fingerprint density at radius 1 is 0.974 bits per heavy atom. The molecule has 5 aromatic rings. The Hall–Kier alpha value is -4.50. The van der Waals surface area contributed by atoms with Crippen LogP contribution in [0.5, 0.6) is 11.5 Å². The lowest BCUT2D eigenvalue weighted by atomic mass is 9.98. The lowest BCUT2D eigenvalue weighted by molar-refractivity contribution is 0.0970. The number of carbonyl (C=O) groups is 1. The maximum Gasteiger partial charge on any atom is 0.297 e. The van der Waals surface area contributed by atoms with E-state index in [1.807, 2.05) is 50.2 Å². The molecule has 3 aromatic carbocycles. The number of para-hydroxylation sites is 1. The number of fused-ring (bicyclic) bond motifs is 2. The van der Waals surface area contributed by atoms with Crippen molar-refractivity contribution in [3.63, 3.8) is 0 Å². The van der Waals surface area contributed by atoms with Crippen LogP contribution in [-0.2, 0) is 6.61 Å². The van der Waals surface area contributed by atoms with Gasteiger partial charge in [0.1, 0.15) is 17.2 Å². The zero-order valence-corrected chi connectivity index (χ0v) is 22.4. The maximum absolute atomic E-state index is 13.8. The Labute approximate surface area is 228 Å². The third-order valence-corrected chi connectivity index (χ3v) is 7.87. The second-order valence-electron chi connectivity index (χ2n) is 9.51. The van der Waals surface area contributed by atoms with Crippen LogP contribution in [0, 0.1) is 0 Å². The topological polar surface area (TPSA) is 94.8 Å². The van der Waals surface area contributed by atoms with Crippen LogP contribution in [0.15, 0.2) is 82.0 Å². The molecule has 9 heteroatoms. The van der Waals surface area contributed by atoms with Gasteiger partial charge in [0, 0.05) is 5.92 Å². The van der Waals surface area contributed by atoms with Gasteiger partial charge in [-0.1, -0.05) is 73.7 Å². The number of aromatic nitrogens is 2. The minimum absolute atomic E-state index is 0.00775. The molecule has 6 rings (SSSR count). The van der Waals surface area contributed by atoms with Gasteiger partial charge in [0.25, 0.3) is 5.91 Å². The summed E-state index contributed by atoms with van der Waals surface area (Å²) in [5.74, 6) is 0.735. The van der Waals surface area contributed by atoms with Gasteiger partial charge in [-0.05, 0) is 35.4 Å². The van der Waals surface area contributed by atoms with E-state index in [9.17, 15) is 9.59 Å². The number of methoxy groups -OCH3 is 1. The van der Waals surface area contributed by atoms with Crippen molar-refractivity contribution in [3.8, 4) is 11.5 Å². The third kappa shape index (κ3) is 4.34. The largest absolute Gasteiger partial charge is 0.493 e. The van der Waals surface area contributed by atoms with Crippen molar-refractivity contribution < 1.29 is 18.7 Å². The summed E-state index contributed by atoms with van der Waals surface area (Å²) in [6.07, 6.45) is 0. The Morgan fingerprint density at radius 3 is 2.49 bits per heavy atom. The second-order valence-corrected chi connectivity index (χ2v) is 10.5. The van der Waals surface area contributed by atoms with Crippen molar-refractivity contribution in [3.05, 3.63) is 110 Å². The van der Waals surface area contributed by atoms with Crippen molar-refractivity contribution in [1.82, 2.24) is 10.2 Å². The molecule has 1 aliphatic rings. The predicted octanol–water partition coefficient (Wildman–Crippen LogP) is 6.11. The summed E-state index contributed by atoms with van der Waals surface area (Å²) in [5, 5.41) is 10.2. The fraction of sp³-hybridized carbons (Fsp3) is 0.200. The van der Waals surface area contributed by atoms with E-state index >= 15 is 0 Å². The van der Waals surface area contributed by atoms with E-state index in [2.05, 4.69) is 10.2 Å². The standard InChI is InChI=1S/C30H25N3O5S/c1-17(2)28-31-32-30(39-28)33-25(24-26(34)20-11-7-8-12-21(20)38-27(24)29(33)35)19-13-14-22(23(15-19)36-3)37-16-18-9-5-4-6-10-18/h4-15,17,25H,16H2,1-3H3/t25-/m0/s1. The van der Waals surface area contributed by atoms with Crippen LogP contribution in [0.2, 0.25) is 0 Å². The number of amides is 1. The molecule has 0 N–H and O–H groups in total. The fourth-order valence-electron chi connectivity index (χ4n) is 4.70. The molecule has 1 atom stereocenters. The summed E-state index contributed by atoms with van der Waals surface area (Å²) in [6, 6.07) is 21.4. The first kappa shape index (κ1) is 24.8. The zero-order valence-electron chi connectivity index (χ0n) is 21.6. The number of rotatable bonds is 7. The SMILES string of the molecule is COc1cc([C@H]2c3c(oc4ccccc4c3=O)C(=O)N2c2nnc(C(C)C)s2)ccc1OCc1ccccc1. The van der Waals surface area contributed by atoms with Crippen LogP contribution in [-0.4, -0.2) is 23.2 Å². The number of hydrogen-bond donors (Lipinski definition) is 0. The van der Waals surface area contributed by atoms with Gasteiger partial charge in [0.15, 0.2) is 16.9 Å². The molecular formula is C30H25N3O5S. The van der Waals surface area contributed by atoms with Crippen LogP contribution in [0.25, 0.3) is 11.0 Å². The van der Waals surface area contributed by atoms with Crippen molar-refractivity contribution in [2.45, 2.75) is 32.4 Å². The fourth-order valence-corrected chi connectivity index (χ4v) is 5.57. The van der Waals surface area contributed by atoms with Crippen LogP contribution < -0.4 is 19.8 Å². The molecule has 0 aliphatic carbocycles. The van der Waals surface area contributed by atoms with E-state index in [1.54, 1.807) is 43.5 Å². The molecule has 0 spiro atoms. The van der Waals surface area contributed by atoms with Gasteiger partial charge in [-0.25, -0.2) is 0 Å². The number of benzene rings is 3. The molecule has 0 bridgehead atoms. The van der Waals surface area contributed by atoms with Crippen LogP contribution in [0.1, 0.15) is 58.1 Å². The normalized spacial score (nSPS) is 14.7. The maximum atomic E-state index is 13.8. The number of nitrogens with zero attached hydrogens (tertiary/aromatic N) is 3. The lowest BCUT2D eigenvalue weighted by Gasteiger charge is -2.23. The first-order chi connectivity index (χ1) is 19.0. The van der Waals surface area contributed by atoms with E-state index < -0.39 is 11.9 Å². The van der Waals surface area contributed by atoms with Crippen molar-refractivity contribution >= 4 is 33.3 Å². The van der Waals surface area contributed by atoms with Gasteiger partial charge in [0.05, 0.1) is 24.1 Å². The predicted molar refractivity (Wildman–Crippen MR) is 149 cm³/mol. The highest BCUT2D eigenvalue weighted by Gasteiger charge is 2.45. The van der Waals surface area contributed by atoms with Crippen molar-refractivity contribution in [2.75, 3.05) is 12.0 Å². The van der Waals surface area contributed by atoms with Gasteiger partial charge in [-0.3, -0.25) is 14.5 Å². The van der Waals surface area contributed by atoms with Gasteiger partial charge in [-0.15, -0.1) is 10.2 Å². The number of carbonyl (C=O) groups excluding carboxylic acids is 1. The number of ether oxygens (including phenoxy) is 2. The monoisotopic (exact) mass is 539 g/mol. The van der Waals surface area contributed by atoms with Crippen LogP contribution >= 0.6 is 11.3 Å². The average molecular weight is 540 g/mol. The first-order valence-electron chi connectivity index (χ1n) is 12.5. The molecule has 1 amide bonds. The molecule has 0 unspecified atom stereocenters. The molecule has 3 heterocycles. The van der Waals surface area contributed by atoms with Crippen LogP contribution in [0.3, 0.4) is 0 Å². The van der Waals surface area contributed by atoms with E-state index in [-0.39, 0.29) is 22.7 Å². The number of hydrogen-bond acceptors (Lipinski definition) is 8. The molecule has 0 fully saturated rings. The second kappa shape index (κ2) is 9.99. The minimum Gasteiger partial charge on any atom is -0.493 e. The molecule has 196 valence electrons. The zero-order chi connectivity index (χ0) is 27.1. The van der Waals surface area contributed by atoms with Crippen molar-refractivity contribution in [1.29, 1.82) is 0 Å². The Balaban J connectivity index is 1.48. The summed E-state index contributed by atoms with van der Waals surface area (Å²) in [6.45, 7) is 4.39. The molecular weight excluding hydrogens is 514 g/mol. The Morgan fingerprint density at radius 2 is 1.74 bits per heavy atom. The summed E-state index contributed by atoms with van der Waals surface area (Å²) < 4.78 is 17.7. The highest BCUT2D eigenvalue weighted by atomic mass is 32.1. The van der Waals surface area contributed by atoms with E-state index in [1.165, 1.54) is 16.2 Å². The van der Waals surface area contributed by atoms with Gasteiger partial charge in [0.2, 0.25) is 10.9 Å². The first-order valence-corrected chi connectivity index (χ1v) is 13.3. The molecule has 0 saturated heterocycles. The molecule has 8 nitrogen and oxygen atoms in total. The summed E-state index contributed by atoms with van der Waals surface area (Å²) >= 11 is 1.32. The summed E-state index contributed by atoms with van der Waals surface area (Å²) in [5.41, 5.74) is 2.05. The highest BCUT2D eigenvalue weighted by Crippen LogP contribution is 2.44. The lowest BCUT2D eigenvalue weighted by Crippen LogP contribution is -2.29. The van der Waals surface area contributed by atoms with E-state index in [0.29, 0.717) is 39.8 Å². The Bertz CT molecular complexity index is 1750. The van der Waals surface area contributed by atoms with E-state index in [4.69, 9.17) is 13.9 Å². The van der Waals surface area contributed by atoms with E-state index in [0.717, 1.165) is 10.6 Å². The summed E-state index contributed by atoms with van der Waals surface area (Å²) in [4.78, 5) is 29.1. The average Bonchev–Trinajstić information content (AvgIpc) is 3.56. The quantitative estimate of drug-likeness (QED) is 0.246. The molecule has 0 radical (unpaired) electrons. The smallest absolute Gasteiger partial charge is 0.297 e. The van der Waals surface area contributed by atoms with Crippen LogP contribution in [0.4, 0.5) is 5.13 Å². The molecule has 39 heavy (non-hydrogen) atoms. The minimum atomic E-state index is -0.779. The molecule has 0 saturated carbocycles. The van der Waals surface area contributed by atoms with Crippen molar-refractivity contribution in [2.24, 2.45) is 0 Å². The Kier molecular flexibility index (Phi) is 6.36. The van der Waals surface area contributed by atoms with Gasteiger partial charge >= 0.3 is 0 Å². The number of anilines is 1. The van der Waals surface area contributed by atoms with Gasteiger partial charge < -0.3 is 13.9 Å². The third-order valence-electron chi connectivity index (χ3n) is 6.65. The highest BCUT2D eigenvalue weighted by molar-refractivity contribution is 7.15. The molecule has 1 aliphatic heterocycles. The van der Waals surface area contributed by atoms with Gasteiger partial charge in [-0.2, -0.15) is 0 Å².